The lowest BCUT2D eigenvalue weighted by Crippen LogP contribution is -2.03. The third-order valence-electron chi connectivity index (χ3n) is 2.37. The number of hydrogen-bond acceptors (Lipinski definition) is 3. The highest BCUT2D eigenvalue weighted by Crippen LogP contribution is 2.17. The molecule has 0 saturated heterocycles. The molecule has 5 heteroatoms. The molecule has 0 bridgehead atoms. The molecule has 3 nitrogen and oxygen atoms in total. The summed E-state index contributed by atoms with van der Waals surface area (Å²) in [7, 11) is 0. The first kappa shape index (κ1) is 12.6. The third kappa shape index (κ3) is 3.07. The smallest absolute Gasteiger partial charge is 0.338 e. The second kappa shape index (κ2) is 5.64. The maximum Gasteiger partial charge on any atom is 0.338 e. The highest BCUT2D eigenvalue weighted by atomic mass is 32.1. The maximum atomic E-state index is 13.3. The Morgan fingerprint density at radius 1 is 1.39 bits per heavy atom. The van der Waals surface area contributed by atoms with Gasteiger partial charge in [0.05, 0.1) is 12.2 Å². The maximum absolute atomic E-state index is 13.3. The molecule has 0 amide bonds. The summed E-state index contributed by atoms with van der Waals surface area (Å²) in [4.78, 5) is 11.8. The molecule has 0 unspecified atom stereocenters. The number of thiophene rings is 1. The molecular formula is C13H11FO3S. The molecule has 0 aliphatic carbocycles. The van der Waals surface area contributed by atoms with Crippen LogP contribution in [0.5, 0.6) is 5.75 Å². The quantitative estimate of drug-likeness (QED) is 0.904. The lowest BCUT2D eigenvalue weighted by atomic mass is 10.2. The standard InChI is InChI=1S/C13H11FO3S/c14-12-8-9(3-4-11(12)13(15)16)17-6-5-10-2-1-7-18-10/h1-4,7-8H,5-6H2,(H,15,16). The number of hydrogen-bond donors (Lipinski definition) is 1. The Balaban J connectivity index is 1.94. The summed E-state index contributed by atoms with van der Waals surface area (Å²) in [6, 6.07) is 7.72. The molecule has 0 aliphatic rings. The van der Waals surface area contributed by atoms with Crippen LogP contribution in [0.2, 0.25) is 0 Å². The molecule has 0 fully saturated rings. The molecule has 1 heterocycles. The molecule has 1 N–H and O–H groups in total. The molecule has 18 heavy (non-hydrogen) atoms. The molecule has 0 aliphatic heterocycles. The van der Waals surface area contributed by atoms with Gasteiger partial charge in [-0.15, -0.1) is 11.3 Å². The van der Waals surface area contributed by atoms with E-state index in [1.54, 1.807) is 11.3 Å². The first-order chi connectivity index (χ1) is 8.66. The molecule has 0 saturated carbocycles. The van der Waals surface area contributed by atoms with Gasteiger partial charge in [-0.2, -0.15) is 0 Å². The lowest BCUT2D eigenvalue weighted by molar-refractivity contribution is 0.0692. The van der Waals surface area contributed by atoms with Crippen molar-refractivity contribution in [3.8, 4) is 5.75 Å². The van der Waals surface area contributed by atoms with Crippen LogP contribution in [0, 0.1) is 5.82 Å². The number of benzene rings is 1. The van der Waals surface area contributed by atoms with Gasteiger partial charge in [0, 0.05) is 17.4 Å². The van der Waals surface area contributed by atoms with Crippen LogP contribution >= 0.6 is 11.3 Å². The molecule has 1 aromatic carbocycles. The van der Waals surface area contributed by atoms with Gasteiger partial charge < -0.3 is 9.84 Å². The van der Waals surface area contributed by atoms with Crippen LogP contribution in [0.3, 0.4) is 0 Å². The van der Waals surface area contributed by atoms with E-state index in [-0.39, 0.29) is 5.56 Å². The number of carbonyl (C=O) groups is 1. The summed E-state index contributed by atoms with van der Waals surface area (Å²) in [6.07, 6.45) is 0.750. The minimum Gasteiger partial charge on any atom is -0.493 e. The van der Waals surface area contributed by atoms with Crippen LogP contribution in [0.1, 0.15) is 15.2 Å². The van der Waals surface area contributed by atoms with Gasteiger partial charge in [-0.05, 0) is 23.6 Å². The fraction of sp³-hybridized carbons (Fsp3) is 0.154. The molecular weight excluding hydrogens is 255 g/mol. The fourth-order valence-electron chi connectivity index (χ4n) is 1.48. The number of ether oxygens (including phenoxy) is 1. The summed E-state index contributed by atoms with van der Waals surface area (Å²) >= 11 is 1.64. The van der Waals surface area contributed by atoms with Crippen molar-refractivity contribution in [3.63, 3.8) is 0 Å². The number of rotatable bonds is 5. The molecule has 0 atom stereocenters. The van der Waals surface area contributed by atoms with E-state index in [2.05, 4.69) is 0 Å². The van der Waals surface area contributed by atoms with Gasteiger partial charge in [-0.25, -0.2) is 9.18 Å². The first-order valence-corrected chi connectivity index (χ1v) is 6.23. The van der Waals surface area contributed by atoms with E-state index in [4.69, 9.17) is 9.84 Å². The Hall–Kier alpha value is -1.88. The second-order valence-electron chi connectivity index (χ2n) is 3.62. The van der Waals surface area contributed by atoms with E-state index in [1.807, 2.05) is 17.5 Å². The third-order valence-corrected chi connectivity index (χ3v) is 3.30. The molecule has 0 spiro atoms. The molecule has 2 rings (SSSR count). The number of aromatic carboxylic acids is 1. The van der Waals surface area contributed by atoms with E-state index in [9.17, 15) is 9.18 Å². The van der Waals surface area contributed by atoms with Gasteiger partial charge in [0.2, 0.25) is 0 Å². The van der Waals surface area contributed by atoms with Crippen LogP contribution < -0.4 is 4.74 Å². The van der Waals surface area contributed by atoms with Gasteiger partial charge in [0.1, 0.15) is 11.6 Å². The molecule has 94 valence electrons. The Bertz CT molecular complexity index is 537. The van der Waals surface area contributed by atoms with Crippen molar-refractivity contribution in [1.29, 1.82) is 0 Å². The van der Waals surface area contributed by atoms with Crippen molar-refractivity contribution in [2.24, 2.45) is 0 Å². The minimum absolute atomic E-state index is 0.342. The average Bonchev–Trinajstić information content (AvgIpc) is 2.81. The summed E-state index contributed by atoms with van der Waals surface area (Å²) < 4.78 is 18.7. The highest BCUT2D eigenvalue weighted by molar-refractivity contribution is 7.09. The average molecular weight is 266 g/mol. The van der Waals surface area contributed by atoms with Gasteiger partial charge in [-0.1, -0.05) is 6.07 Å². The van der Waals surface area contributed by atoms with Crippen LogP contribution in [0.4, 0.5) is 4.39 Å². The molecule has 1 aromatic heterocycles. The van der Waals surface area contributed by atoms with Gasteiger partial charge in [0.15, 0.2) is 0 Å². The zero-order valence-electron chi connectivity index (χ0n) is 9.43. The van der Waals surface area contributed by atoms with Crippen LogP contribution in [0.15, 0.2) is 35.7 Å². The van der Waals surface area contributed by atoms with Crippen LogP contribution in [0.25, 0.3) is 0 Å². The molecule has 2 aromatic rings. The van der Waals surface area contributed by atoms with Crippen molar-refractivity contribution < 1.29 is 19.0 Å². The number of carboxylic acids is 1. The fourth-order valence-corrected chi connectivity index (χ4v) is 2.17. The summed E-state index contributed by atoms with van der Waals surface area (Å²) in [5, 5.41) is 10.7. The SMILES string of the molecule is O=C(O)c1ccc(OCCc2cccs2)cc1F. The van der Waals surface area contributed by atoms with Crippen LogP contribution in [-0.2, 0) is 6.42 Å². The predicted molar refractivity (Wildman–Crippen MR) is 66.9 cm³/mol. The predicted octanol–water partition coefficient (Wildman–Crippen LogP) is 3.21. The van der Waals surface area contributed by atoms with E-state index < -0.39 is 11.8 Å². The van der Waals surface area contributed by atoms with Crippen molar-refractivity contribution in [3.05, 3.63) is 52.0 Å². The Kier molecular flexibility index (Phi) is 3.94. The topological polar surface area (TPSA) is 46.5 Å². The summed E-state index contributed by atoms with van der Waals surface area (Å²) in [5.41, 5.74) is -0.347. The van der Waals surface area contributed by atoms with Crippen LogP contribution in [-0.4, -0.2) is 17.7 Å². The zero-order valence-corrected chi connectivity index (χ0v) is 10.2. The zero-order chi connectivity index (χ0) is 13.0. The largest absolute Gasteiger partial charge is 0.493 e. The van der Waals surface area contributed by atoms with E-state index in [1.165, 1.54) is 17.0 Å². The highest BCUT2D eigenvalue weighted by Gasteiger charge is 2.10. The first-order valence-electron chi connectivity index (χ1n) is 5.35. The molecule has 0 radical (unpaired) electrons. The van der Waals surface area contributed by atoms with Crippen molar-refractivity contribution in [1.82, 2.24) is 0 Å². The van der Waals surface area contributed by atoms with E-state index in [0.717, 1.165) is 12.5 Å². The van der Waals surface area contributed by atoms with Gasteiger partial charge in [-0.3, -0.25) is 0 Å². The second-order valence-corrected chi connectivity index (χ2v) is 4.66. The van der Waals surface area contributed by atoms with Crippen molar-refractivity contribution >= 4 is 17.3 Å². The normalized spacial score (nSPS) is 10.3. The minimum atomic E-state index is -1.28. The van der Waals surface area contributed by atoms with E-state index >= 15 is 0 Å². The summed E-state index contributed by atoms with van der Waals surface area (Å²) in [5.74, 6) is -1.72. The van der Waals surface area contributed by atoms with Gasteiger partial charge in [0.25, 0.3) is 0 Å². The van der Waals surface area contributed by atoms with E-state index in [0.29, 0.717) is 12.4 Å². The summed E-state index contributed by atoms with van der Waals surface area (Å²) in [6.45, 7) is 0.437. The lowest BCUT2D eigenvalue weighted by Gasteiger charge is -2.06. The van der Waals surface area contributed by atoms with Crippen molar-refractivity contribution in [2.75, 3.05) is 6.61 Å². The van der Waals surface area contributed by atoms with Gasteiger partial charge >= 0.3 is 5.97 Å². The number of carboxylic acid groups (broad SMARTS) is 1. The Morgan fingerprint density at radius 2 is 2.22 bits per heavy atom. The Morgan fingerprint density at radius 3 is 2.83 bits per heavy atom. The number of halogens is 1. The Labute approximate surface area is 107 Å². The van der Waals surface area contributed by atoms with Crippen molar-refractivity contribution in [2.45, 2.75) is 6.42 Å². The monoisotopic (exact) mass is 266 g/mol.